The maximum absolute atomic E-state index is 12.0. The molecular formula is C14H21N3O3. The number of carbonyl (C=O) groups is 2. The van der Waals surface area contributed by atoms with E-state index in [1.807, 2.05) is 6.92 Å². The Balaban J connectivity index is 3.06. The van der Waals surface area contributed by atoms with Gasteiger partial charge in [-0.25, -0.2) is 14.8 Å². The Kier molecular flexibility index (Phi) is 5.19. The van der Waals surface area contributed by atoms with Gasteiger partial charge in [0.2, 0.25) is 5.91 Å². The van der Waals surface area contributed by atoms with Crippen molar-refractivity contribution in [1.82, 2.24) is 9.97 Å². The van der Waals surface area contributed by atoms with Crippen LogP contribution in [0.5, 0.6) is 0 Å². The molecule has 0 aliphatic carbocycles. The number of unbranched alkanes of at least 4 members (excludes halogenated alkanes) is 1. The van der Waals surface area contributed by atoms with Crippen LogP contribution >= 0.6 is 0 Å². The smallest absolute Gasteiger partial charge is 0.341 e. The number of carboxylic acids is 1. The Morgan fingerprint density at radius 1 is 1.35 bits per heavy atom. The summed E-state index contributed by atoms with van der Waals surface area (Å²) >= 11 is 0. The van der Waals surface area contributed by atoms with Gasteiger partial charge < -0.3 is 10.4 Å². The summed E-state index contributed by atoms with van der Waals surface area (Å²) in [6.07, 6.45) is 3.82. The number of carbonyl (C=O) groups excluding carboxylic acids is 1. The fourth-order valence-electron chi connectivity index (χ4n) is 1.42. The third-order valence-corrected chi connectivity index (χ3v) is 2.74. The van der Waals surface area contributed by atoms with E-state index < -0.39 is 11.4 Å². The van der Waals surface area contributed by atoms with Gasteiger partial charge in [-0.2, -0.15) is 0 Å². The van der Waals surface area contributed by atoms with Crippen molar-refractivity contribution in [3.8, 4) is 0 Å². The number of anilines is 1. The van der Waals surface area contributed by atoms with Crippen LogP contribution in [-0.2, 0) is 11.2 Å². The number of carboxylic acid groups (broad SMARTS) is 1. The lowest BCUT2D eigenvalue weighted by molar-refractivity contribution is -0.123. The Bertz CT molecular complexity index is 507. The highest BCUT2D eigenvalue weighted by Gasteiger charge is 2.24. The van der Waals surface area contributed by atoms with Crippen molar-refractivity contribution in [2.75, 3.05) is 5.32 Å². The van der Waals surface area contributed by atoms with E-state index in [1.54, 1.807) is 20.8 Å². The zero-order chi connectivity index (χ0) is 15.3. The molecule has 0 atom stereocenters. The second-order valence-electron chi connectivity index (χ2n) is 5.66. The van der Waals surface area contributed by atoms with E-state index in [2.05, 4.69) is 15.3 Å². The normalized spacial score (nSPS) is 11.2. The molecule has 1 aromatic rings. The second-order valence-corrected chi connectivity index (χ2v) is 5.66. The molecule has 1 amide bonds. The number of nitrogens with zero attached hydrogens (tertiary/aromatic N) is 2. The first-order valence-electron chi connectivity index (χ1n) is 6.66. The number of aromatic carboxylic acids is 1. The maximum atomic E-state index is 12.0. The minimum absolute atomic E-state index is 0.0681. The molecule has 0 radical (unpaired) electrons. The average molecular weight is 279 g/mol. The molecule has 6 heteroatoms. The van der Waals surface area contributed by atoms with Crippen molar-refractivity contribution in [2.24, 2.45) is 5.41 Å². The first-order chi connectivity index (χ1) is 9.25. The van der Waals surface area contributed by atoms with Gasteiger partial charge in [0.05, 0.1) is 0 Å². The molecule has 20 heavy (non-hydrogen) atoms. The monoisotopic (exact) mass is 279 g/mol. The van der Waals surface area contributed by atoms with E-state index in [-0.39, 0.29) is 17.3 Å². The molecule has 0 bridgehead atoms. The van der Waals surface area contributed by atoms with Gasteiger partial charge in [-0.05, 0) is 6.42 Å². The van der Waals surface area contributed by atoms with Crippen LogP contribution in [0, 0.1) is 5.41 Å². The van der Waals surface area contributed by atoms with Crippen molar-refractivity contribution in [2.45, 2.75) is 47.0 Å². The Labute approximate surface area is 118 Å². The van der Waals surface area contributed by atoms with Crippen molar-refractivity contribution in [3.05, 3.63) is 17.6 Å². The lowest BCUT2D eigenvalue weighted by Gasteiger charge is -2.18. The summed E-state index contributed by atoms with van der Waals surface area (Å²) in [5.41, 5.74) is -0.715. The highest BCUT2D eigenvalue weighted by atomic mass is 16.4. The van der Waals surface area contributed by atoms with Gasteiger partial charge in [0, 0.05) is 18.0 Å². The summed E-state index contributed by atoms with van der Waals surface area (Å²) in [7, 11) is 0. The topological polar surface area (TPSA) is 92.2 Å². The van der Waals surface area contributed by atoms with E-state index in [9.17, 15) is 9.59 Å². The molecule has 2 N–H and O–H groups in total. The molecule has 0 aliphatic rings. The fraction of sp³-hybridized carbons (Fsp3) is 0.571. The van der Waals surface area contributed by atoms with Gasteiger partial charge in [-0.1, -0.05) is 34.1 Å². The standard InChI is InChI=1S/C14H21N3O3/c1-5-6-7-10-15-8-9(12(18)19)11(16-10)17-13(20)14(2,3)4/h8H,5-7H2,1-4H3,(H,18,19)(H,15,16,17,20). The van der Waals surface area contributed by atoms with E-state index in [0.717, 1.165) is 12.8 Å². The number of hydrogen-bond acceptors (Lipinski definition) is 4. The number of amides is 1. The van der Waals surface area contributed by atoms with Crippen molar-refractivity contribution < 1.29 is 14.7 Å². The minimum atomic E-state index is -1.16. The van der Waals surface area contributed by atoms with Gasteiger partial charge in [0.25, 0.3) is 0 Å². The molecule has 1 heterocycles. The SMILES string of the molecule is CCCCc1ncc(C(=O)O)c(NC(=O)C(C)(C)C)n1. The molecule has 6 nitrogen and oxygen atoms in total. The third kappa shape index (κ3) is 4.29. The summed E-state index contributed by atoms with van der Waals surface area (Å²) in [6, 6.07) is 0. The predicted molar refractivity (Wildman–Crippen MR) is 75.7 cm³/mol. The van der Waals surface area contributed by atoms with Gasteiger partial charge in [-0.3, -0.25) is 4.79 Å². The molecule has 0 fully saturated rings. The summed E-state index contributed by atoms with van der Waals surface area (Å²) in [6.45, 7) is 7.31. The number of aromatic nitrogens is 2. The molecule has 1 aromatic heterocycles. The van der Waals surface area contributed by atoms with Gasteiger partial charge in [0.15, 0.2) is 5.82 Å². The van der Waals surface area contributed by atoms with Crippen LogP contribution in [0.25, 0.3) is 0 Å². The number of hydrogen-bond donors (Lipinski definition) is 2. The lowest BCUT2D eigenvalue weighted by Crippen LogP contribution is -2.29. The number of nitrogens with one attached hydrogen (secondary N) is 1. The Morgan fingerprint density at radius 2 is 2.00 bits per heavy atom. The van der Waals surface area contributed by atoms with E-state index in [0.29, 0.717) is 12.2 Å². The highest BCUT2D eigenvalue weighted by molar-refractivity contribution is 6.00. The van der Waals surface area contributed by atoms with Crippen LogP contribution in [0.3, 0.4) is 0 Å². The van der Waals surface area contributed by atoms with Crippen LogP contribution < -0.4 is 5.32 Å². The quantitative estimate of drug-likeness (QED) is 0.864. The molecular weight excluding hydrogens is 258 g/mol. The minimum Gasteiger partial charge on any atom is -0.477 e. The Morgan fingerprint density at radius 3 is 2.50 bits per heavy atom. The molecule has 0 unspecified atom stereocenters. The molecule has 110 valence electrons. The maximum Gasteiger partial charge on any atom is 0.341 e. The summed E-state index contributed by atoms with van der Waals surface area (Å²) in [4.78, 5) is 31.3. The van der Waals surface area contributed by atoms with Crippen molar-refractivity contribution in [3.63, 3.8) is 0 Å². The van der Waals surface area contributed by atoms with Crippen LogP contribution in [0.2, 0.25) is 0 Å². The van der Waals surface area contributed by atoms with Crippen LogP contribution in [0.4, 0.5) is 5.82 Å². The van der Waals surface area contributed by atoms with Gasteiger partial charge in [0.1, 0.15) is 11.4 Å². The van der Waals surface area contributed by atoms with Gasteiger partial charge in [-0.15, -0.1) is 0 Å². The fourth-order valence-corrected chi connectivity index (χ4v) is 1.42. The second kappa shape index (κ2) is 6.45. The Hall–Kier alpha value is -1.98. The number of aryl methyl sites for hydroxylation is 1. The molecule has 0 aromatic carbocycles. The van der Waals surface area contributed by atoms with Crippen LogP contribution in [-0.4, -0.2) is 27.0 Å². The van der Waals surface area contributed by atoms with Crippen molar-refractivity contribution in [1.29, 1.82) is 0 Å². The summed E-state index contributed by atoms with van der Waals surface area (Å²) in [5, 5.41) is 11.7. The highest BCUT2D eigenvalue weighted by Crippen LogP contribution is 2.19. The van der Waals surface area contributed by atoms with E-state index in [1.165, 1.54) is 6.20 Å². The largest absolute Gasteiger partial charge is 0.477 e. The molecule has 0 spiro atoms. The average Bonchev–Trinajstić information content (AvgIpc) is 2.35. The first-order valence-corrected chi connectivity index (χ1v) is 6.66. The van der Waals surface area contributed by atoms with E-state index >= 15 is 0 Å². The molecule has 1 rings (SSSR count). The predicted octanol–water partition coefficient (Wildman–Crippen LogP) is 2.50. The molecule has 0 saturated carbocycles. The van der Waals surface area contributed by atoms with E-state index in [4.69, 9.17) is 5.11 Å². The third-order valence-electron chi connectivity index (χ3n) is 2.74. The zero-order valence-corrected chi connectivity index (χ0v) is 12.4. The summed E-state index contributed by atoms with van der Waals surface area (Å²) in [5.74, 6) is -0.823. The molecule has 0 saturated heterocycles. The van der Waals surface area contributed by atoms with Crippen LogP contribution in [0.1, 0.15) is 56.7 Å². The first kappa shape index (κ1) is 16.1. The van der Waals surface area contributed by atoms with Crippen molar-refractivity contribution >= 4 is 17.7 Å². The number of rotatable bonds is 5. The summed E-state index contributed by atoms with van der Waals surface area (Å²) < 4.78 is 0. The molecule has 0 aliphatic heterocycles. The zero-order valence-electron chi connectivity index (χ0n) is 12.4. The lowest BCUT2D eigenvalue weighted by atomic mass is 9.96. The van der Waals surface area contributed by atoms with Crippen LogP contribution in [0.15, 0.2) is 6.20 Å². The van der Waals surface area contributed by atoms with Gasteiger partial charge >= 0.3 is 5.97 Å².